The molecule has 1 aromatic rings. The molecule has 0 aliphatic heterocycles. The first kappa shape index (κ1) is 24.8. The maximum absolute atomic E-state index is 12.3. The Kier molecular flexibility index (Phi) is 13.2. The summed E-state index contributed by atoms with van der Waals surface area (Å²) in [7, 11) is 0. The van der Waals surface area contributed by atoms with Crippen LogP contribution in [0.3, 0.4) is 0 Å². The zero-order chi connectivity index (χ0) is 18.5. The number of ether oxygens (including phenoxy) is 2. The molecule has 0 aromatic heterocycles. The van der Waals surface area contributed by atoms with Gasteiger partial charge in [-0.05, 0) is 26.3 Å². The standard InChI is InChI=1S/C17H26F3N3O2.HI/c1-3-21-16(22-10-7-11-24-4-2)23-12-14-8-5-6-9-15(14)25-13-17(18,19)20;/h5-6,8-9H,3-4,7,10-13H2,1-2H3,(H2,21,22,23);1H. The predicted octanol–water partition coefficient (Wildman–Crippen LogP) is 3.73. The minimum absolute atomic E-state index is 0. The van der Waals surface area contributed by atoms with Gasteiger partial charge in [-0.25, -0.2) is 4.99 Å². The maximum atomic E-state index is 12.3. The highest BCUT2D eigenvalue weighted by Crippen LogP contribution is 2.22. The second-order valence-electron chi connectivity index (χ2n) is 5.18. The van der Waals surface area contributed by atoms with Gasteiger partial charge in [0.25, 0.3) is 0 Å². The first-order chi connectivity index (χ1) is 12.0. The predicted molar refractivity (Wildman–Crippen MR) is 107 cm³/mol. The fourth-order valence-electron chi connectivity index (χ4n) is 1.97. The van der Waals surface area contributed by atoms with Crippen LogP contribution in [0.1, 0.15) is 25.8 Å². The summed E-state index contributed by atoms with van der Waals surface area (Å²) in [6, 6.07) is 6.59. The Hall–Kier alpha value is -1.23. The quantitative estimate of drug-likeness (QED) is 0.228. The number of hydrogen-bond acceptors (Lipinski definition) is 3. The number of hydrogen-bond donors (Lipinski definition) is 2. The molecule has 1 rings (SSSR count). The Bertz CT molecular complexity index is 528. The Labute approximate surface area is 169 Å². The Balaban J connectivity index is 0.00000625. The van der Waals surface area contributed by atoms with Crippen LogP contribution in [0, 0.1) is 0 Å². The van der Waals surface area contributed by atoms with Crippen LogP contribution in [0.25, 0.3) is 0 Å². The van der Waals surface area contributed by atoms with E-state index >= 15 is 0 Å². The average Bonchev–Trinajstić information content (AvgIpc) is 2.57. The lowest BCUT2D eigenvalue weighted by Crippen LogP contribution is -2.38. The van der Waals surface area contributed by atoms with E-state index in [0.717, 1.165) is 6.42 Å². The molecule has 26 heavy (non-hydrogen) atoms. The van der Waals surface area contributed by atoms with Crippen molar-refractivity contribution < 1.29 is 22.6 Å². The zero-order valence-corrected chi connectivity index (χ0v) is 17.4. The summed E-state index contributed by atoms with van der Waals surface area (Å²) >= 11 is 0. The van der Waals surface area contributed by atoms with E-state index in [4.69, 9.17) is 9.47 Å². The molecule has 0 bridgehead atoms. The van der Waals surface area contributed by atoms with E-state index in [1.54, 1.807) is 18.2 Å². The van der Waals surface area contributed by atoms with E-state index in [1.165, 1.54) is 6.07 Å². The van der Waals surface area contributed by atoms with Gasteiger partial charge in [0, 0.05) is 31.9 Å². The summed E-state index contributed by atoms with van der Waals surface area (Å²) in [5.74, 6) is 0.792. The first-order valence-electron chi connectivity index (χ1n) is 8.33. The molecule has 9 heteroatoms. The van der Waals surface area contributed by atoms with Crippen LogP contribution in [0.15, 0.2) is 29.3 Å². The molecular weight excluding hydrogens is 462 g/mol. The largest absolute Gasteiger partial charge is 0.484 e. The monoisotopic (exact) mass is 489 g/mol. The van der Waals surface area contributed by atoms with Crippen LogP contribution in [-0.2, 0) is 11.3 Å². The van der Waals surface area contributed by atoms with Crippen LogP contribution in [0.2, 0.25) is 0 Å². The molecule has 0 unspecified atom stereocenters. The minimum atomic E-state index is -4.37. The molecule has 0 saturated carbocycles. The van der Waals surface area contributed by atoms with E-state index in [2.05, 4.69) is 15.6 Å². The van der Waals surface area contributed by atoms with Crippen molar-refractivity contribution in [3.63, 3.8) is 0 Å². The van der Waals surface area contributed by atoms with Crippen molar-refractivity contribution >= 4 is 29.9 Å². The molecule has 150 valence electrons. The summed E-state index contributed by atoms with van der Waals surface area (Å²) in [5.41, 5.74) is 0.596. The third-order valence-electron chi connectivity index (χ3n) is 3.08. The van der Waals surface area contributed by atoms with E-state index < -0.39 is 12.8 Å². The van der Waals surface area contributed by atoms with E-state index in [1.807, 2.05) is 13.8 Å². The van der Waals surface area contributed by atoms with Crippen molar-refractivity contribution in [2.45, 2.75) is 33.0 Å². The third-order valence-corrected chi connectivity index (χ3v) is 3.08. The highest BCUT2D eigenvalue weighted by Gasteiger charge is 2.28. The van der Waals surface area contributed by atoms with Crippen LogP contribution < -0.4 is 15.4 Å². The topological polar surface area (TPSA) is 54.9 Å². The molecule has 2 N–H and O–H groups in total. The van der Waals surface area contributed by atoms with Gasteiger partial charge in [-0.2, -0.15) is 13.2 Å². The van der Waals surface area contributed by atoms with Crippen LogP contribution in [0.5, 0.6) is 5.75 Å². The number of aliphatic imine (C=N–C) groups is 1. The summed E-state index contributed by atoms with van der Waals surface area (Å²) in [4.78, 5) is 4.40. The van der Waals surface area contributed by atoms with E-state index in [-0.39, 0.29) is 36.3 Å². The van der Waals surface area contributed by atoms with E-state index in [0.29, 0.717) is 37.8 Å². The van der Waals surface area contributed by atoms with Gasteiger partial charge in [-0.15, -0.1) is 24.0 Å². The summed E-state index contributed by atoms with van der Waals surface area (Å²) in [6.07, 6.45) is -3.53. The van der Waals surface area contributed by atoms with Gasteiger partial charge < -0.3 is 20.1 Å². The molecule has 0 aliphatic rings. The molecule has 0 saturated heterocycles. The smallest absolute Gasteiger partial charge is 0.422 e. The Morgan fingerprint density at radius 3 is 2.54 bits per heavy atom. The van der Waals surface area contributed by atoms with Gasteiger partial charge in [-0.3, -0.25) is 0 Å². The van der Waals surface area contributed by atoms with Crippen molar-refractivity contribution in [2.75, 3.05) is 32.9 Å². The molecule has 0 heterocycles. The van der Waals surface area contributed by atoms with Crippen molar-refractivity contribution in [3.05, 3.63) is 29.8 Å². The Morgan fingerprint density at radius 2 is 1.88 bits per heavy atom. The normalized spacial score (nSPS) is 11.7. The number of nitrogens with one attached hydrogen (secondary N) is 2. The summed E-state index contributed by atoms with van der Waals surface area (Å²) in [6.45, 7) is 5.51. The molecule has 0 spiro atoms. The van der Waals surface area contributed by atoms with Gasteiger partial charge in [0.05, 0.1) is 6.54 Å². The fraction of sp³-hybridized carbons (Fsp3) is 0.588. The number of alkyl halides is 3. The number of rotatable bonds is 10. The Morgan fingerprint density at radius 1 is 1.15 bits per heavy atom. The van der Waals surface area contributed by atoms with Crippen LogP contribution in [-0.4, -0.2) is 45.0 Å². The van der Waals surface area contributed by atoms with Gasteiger partial charge >= 0.3 is 6.18 Å². The second kappa shape index (κ2) is 13.9. The summed E-state index contributed by atoms with van der Waals surface area (Å²) < 4.78 is 47.1. The number of halogens is 4. The third kappa shape index (κ3) is 11.4. The number of benzene rings is 1. The van der Waals surface area contributed by atoms with Crippen molar-refractivity contribution in [1.82, 2.24) is 10.6 Å². The van der Waals surface area contributed by atoms with Crippen LogP contribution in [0.4, 0.5) is 13.2 Å². The average molecular weight is 489 g/mol. The van der Waals surface area contributed by atoms with Gasteiger partial charge in [-0.1, -0.05) is 18.2 Å². The zero-order valence-electron chi connectivity index (χ0n) is 15.1. The first-order valence-corrected chi connectivity index (χ1v) is 8.33. The highest BCUT2D eigenvalue weighted by atomic mass is 127. The number of nitrogens with zero attached hydrogens (tertiary/aromatic N) is 1. The molecule has 0 amide bonds. The molecule has 0 radical (unpaired) electrons. The minimum Gasteiger partial charge on any atom is -0.484 e. The molecule has 1 aromatic carbocycles. The van der Waals surface area contributed by atoms with Crippen LogP contribution >= 0.6 is 24.0 Å². The van der Waals surface area contributed by atoms with Crippen molar-refractivity contribution in [2.24, 2.45) is 4.99 Å². The lowest BCUT2D eigenvalue weighted by Gasteiger charge is -2.14. The number of para-hydroxylation sites is 1. The lowest BCUT2D eigenvalue weighted by molar-refractivity contribution is -0.153. The van der Waals surface area contributed by atoms with Gasteiger partial charge in [0.1, 0.15) is 5.75 Å². The lowest BCUT2D eigenvalue weighted by atomic mass is 10.2. The molecule has 0 fully saturated rings. The highest BCUT2D eigenvalue weighted by molar-refractivity contribution is 14.0. The number of guanidine groups is 1. The molecular formula is C17H27F3IN3O2. The fourth-order valence-corrected chi connectivity index (χ4v) is 1.97. The SMILES string of the molecule is CCNC(=NCc1ccccc1OCC(F)(F)F)NCCCOCC.I. The second-order valence-corrected chi connectivity index (χ2v) is 5.18. The van der Waals surface area contributed by atoms with Crippen molar-refractivity contribution in [1.29, 1.82) is 0 Å². The molecule has 5 nitrogen and oxygen atoms in total. The van der Waals surface area contributed by atoms with E-state index in [9.17, 15) is 13.2 Å². The molecule has 0 atom stereocenters. The van der Waals surface area contributed by atoms with Crippen molar-refractivity contribution in [3.8, 4) is 5.75 Å². The van der Waals surface area contributed by atoms with Gasteiger partial charge in [0.15, 0.2) is 12.6 Å². The van der Waals surface area contributed by atoms with Gasteiger partial charge in [0.2, 0.25) is 0 Å². The molecule has 0 aliphatic carbocycles. The maximum Gasteiger partial charge on any atom is 0.422 e. The summed E-state index contributed by atoms with van der Waals surface area (Å²) in [5, 5.41) is 6.26.